The topological polar surface area (TPSA) is 105 Å². The molecule has 164 valence electrons. The molecule has 8 nitrogen and oxygen atoms in total. The highest BCUT2D eigenvalue weighted by atomic mass is 16.5. The van der Waals surface area contributed by atoms with Crippen molar-refractivity contribution in [1.29, 1.82) is 0 Å². The maximum Gasteiger partial charge on any atom is 0.407 e. The number of aliphatic carboxylic acids is 1. The van der Waals surface area contributed by atoms with Crippen LogP contribution in [0, 0.1) is 0 Å². The first kappa shape index (κ1) is 22.3. The molecule has 0 bridgehead atoms. The second kappa shape index (κ2) is 10.6. The van der Waals surface area contributed by atoms with Crippen LogP contribution in [0.15, 0.2) is 48.5 Å². The number of ether oxygens (including phenoxy) is 2. The predicted octanol–water partition coefficient (Wildman–Crippen LogP) is 2.47. The molecule has 0 aromatic heterocycles. The van der Waals surface area contributed by atoms with Gasteiger partial charge in [-0.15, -0.1) is 0 Å². The number of hydrogen-bond acceptors (Lipinski definition) is 5. The number of nitrogens with zero attached hydrogens (tertiary/aromatic N) is 1. The molecular formula is C23H26N2O6. The molecule has 0 radical (unpaired) electrons. The Morgan fingerprint density at radius 3 is 2.23 bits per heavy atom. The summed E-state index contributed by atoms with van der Waals surface area (Å²) in [6.07, 6.45) is -0.447. The maximum absolute atomic E-state index is 12.1. The van der Waals surface area contributed by atoms with E-state index >= 15 is 0 Å². The molecule has 8 heteroatoms. The van der Waals surface area contributed by atoms with Crippen LogP contribution in [0.2, 0.25) is 0 Å². The number of carboxylic acids is 1. The molecule has 0 fully saturated rings. The smallest absolute Gasteiger partial charge is 0.407 e. The summed E-state index contributed by atoms with van der Waals surface area (Å²) in [4.78, 5) is 35.5. The quantitative estimate of drug-likeness (QED) is 0.566. The standard InChI is InChI=1S/C23H26N2O6/c1-25(14-22(27)28)21(26)10-12-30-13-11-24-23(29)31-15-20-18-8-4-2-6-16(18)17-7-3-5-9-19(17)20/h2-9,20H,10-15H2,1H3,(H,24,29)(H,27,28). The van der Waals surface area contributed by atoms with E-state index in [0.29, 0.717) is 0 Å². The number of carbonyl (C=O) groups is 3. The van der Waals surface area contributed by atoms with Gasteiger partial charge in [-0.25, -0.2) is 4.79 Å². The van der Waals surface area contributed by atoms with Crippen LogP contribution in [0.5, 0.6) is 0 Å². The Hall–Kier alpha value is -3.39. The second-order valence-corrected chi connectivity index (χ2v) is 7.26. The Morgan fingerprint density at radius 1 is 1.00 bits per heavy atom. The van der Waals surface area contributed by atoms with Gasteiger partial charge in [0, 0.05) is 19.5 Å². The van der Waals surface area contributed by atoms with Crippen molar-refractivity contribution in [3.63, 3.8) is 0 Å². The van der Waals surface area contributed by atoms with Gasteiger partial charge in [0.25, 0.3) is 0 Å². The number of rotatable bonds is 10. The average molecular weight is 426 g/mol. The van der Waals surface area contributed by atoms with Crippen LogP contribution in [0.4, 0.5) is 4.79 Å². The summed E-state index contributed by atoms with van der Waals surface area (Å²) in [6.45, 7) is 0.512. The lowest BCUT2D eigenvalue weighted by Crippen LogP contribution is -2.33. The van der Waals surface area contributed by atoms with Crippen LogP contribution in [0.1, 0.15) is 23.5 Å². The number of carboxylic acid groups (broad SMARTS) is 1. The lowest BCUT2D eigenvalue weighted by atomic mass is 9.98. The van der Waals surface area contributed by atoms with Gasteiger partial charge in [-0.1, -0.05) is 48.5 Å². The molecule has 0 unspecified atom stereocenters. The summed E-state index contributed by atoms with van der Waals surface area (Å²) in [5.41, 5.74) is 4.64. The highest BCUT2D eigenvalue weighted by Crippen LogP contribution is 2.44. The fraction of sp³-hybridized carbons (Fsp3) is 0.348. The van der Waals surface area contributed by atoms with Gasteiger partial charge in [-0.3, -0.25) is 9.59 Å². The molecule has 0 saturated heterocycles. The van der Waals surface area contributed by atoms with Gasteiger partial charge in [0.15, 0.2) is 0 Å². The van der Waals surface area contributed by atoms with Crippen LogP contribution in [-0.2, 0) is 19.1 Å². The number of benzene rings is 2. The molecule has 0 aliphatic heterocycles. The fourth-order valence-corrected chi connectivity index (χ4v) is 3.62. The maximum atomic E-state index is 12.1. The monoisotopic (exact) mass is 426 g/mol. The Morgan fingerprint density at radius 2 is 1.61 bits per heavy atom. The Labute approximate surface area is 180 Å². The molecule has 1 aliphatic carbocycles. The summed E-state index contributed by atoms with van der Waals surface area (Å²) in [5, 5.41) is 11.3. The van der Waals surface area contributed by atoms with Crippen molar-refractivity contribution in [2.75, 3.05) is 40.0 Å². The van der Waals surface area contributed by atoms with E-state index in [-0.39, 0.29) is 51.2 Å². The van der Waals surface area contributed by atoms with Gasteiger partial charge >= 0.3 is 12.1 Å². The minimum atomic E-state index is -1.07. The zero-order chi connectivity index (χ0) is 22.2. The van der Waals surface area contributed by atoms with Gasteiger partial charge in [-0.05, 0) is 22.3 Å². The molecule has 2 aromatic carbocycles. The van der Waals surface area contributed by atoms with Crippen LogP contribution in [0.3, 0.4) is 0 Å². The lowest BCUT2D eigenvalue weighted by molar-refractivity contribution is -0.143. The zero-order valence-electron chi connectivity index (χ0n) is 17.4. The normalized spacial score (nSPS) is 12.0. The molecule has 31 heavy (non-hydrogen) atoms. The molecule has 3 rings (SSSR count). The molecule has 2 aromatic rings. The molecular weight excluding hydrogens is 400 g/mol. The van der Waals surface area contributed by atoms with Crippen molar-refractivity contribution in [3.05, 3.63) is 59.7 Å². The van der Waals surface area contributed by atoms with Crippen molar-refractivity contribution >= 4 is 18.0 Å². The van der Waals surface area contributed by atoms with Gasteiger partial charge < -0.3 is 24.8 Å². The molecule has 0 atom stereocenters. The van der Waals surface area contributed by atoms with Crippen molar-refractivity contribution < 1.29 is 29.0 Å². The van der Waals surface area contributed by atoms with E-state index < -0.39 is 12.1 Å². The Kier molecular flexibility index (Phi) is 7.61. The van der Waals surface area contributed by atoms with Crippen LogP contribution >= 0.6 is 0 Å². The van der Waals surface area contributed by atoms with Gasteiger partial charge in [0.2, 0.25) is 5.91 Å². The van der Waals surface area contributed by atoms with Crippen molar-refractivity contribution in [2.45, 2.75) is 12.3 Å². The summed E-state index contributed by atoms with van der Waals surface area (Å²) < 4.78 is 10.7. The number of nitrogens with one attached hydrogen (secondary N) is 1. The number of fused-ring (bicyclic) bond motifs is 3. The predicted molar refractivity (Wildman–Crippen MR) is 114 cm³/mol. The minimum absolute atomic E-state index is 0.00297. The minimum Gasteiger partial charge on any atom is -0.480 e. The highest BCUT2D eigenvalue weighted by Gasteiger charge is 2.28. The van der Waals surface area contributed by atoms with E-state index in [9.17, 15) is 14.4 Å². The van der Waals surface area contributed by atoms with Gasteiger partial charge in [0.1, 0.15) is 13.2 Å². The number of alkyl carbamates (subject to hydrolysis) is 1. The summed E-state index contributed by atoms with van der Waals surface area (Å²) in [6, 6.07) is 16.3. The van der Waals surface area contributed by atoms with Crippen LogP contribution in [-0.4, -0.2) is 67.9 Å². The first-order valence-corrected chi connectivity index (χ1v) is 10.1. The lowest BCUT2D eigenvalue weighted by Gasteiger charge is -2.15. The number of hydrogen-bond donors (Lipinski definition) is 2. The molecule has 0 spiro atoms. The van der Waals surface area contributed by atoms with Crippen molar-refractivity contribution in [2.24, 2.45) is 0 Å². The van der Waals surface area contributed by atoms with E-state index in [1.165, 1.54) is 18.2 Å². The number of amides is 2. The van der Waals surface area contributed by atoms with Crippen LogP contribution < -0.4 is 5.32 Å². The van der Waals surface area contributed by atoms with E-state index in [1.807, 2.05) is 24.3 Å². The van der Waals surface area contributed by atoms with E-state index in [1.54, 1.807) is 0 Å². The highest BCUT2D eigenvalue weighted by molar-refractivity contribution is 5.81. The molecule has 1 aliphatic rings. The van der Waals surface area contributed by atoms with Gasteiger partial charge in [0.05, 0.1) is 19.6 Å². The van der Waals surface area contributed by atoms with Gasteiger partial charge in [-0.2, -0.15) is 0 Å². The third-order valence-electron chi connectivity index (χ3n) is 5.12. The Bertz CT molecular complexity index is 900. The third-order valence-corrected chi connectivity index (χ3v) is 5.12. The van der Waals surface area contributed by atoms with E-state index in [4.69, 9.17) is 14.6 Å². The molecule has 2 amide bonds. The Balaban J connectivity index is 1.36. The zero-order valence-corrected chi connectivity index (χ0v) is 17.4. The second-order valence-electron chi connectivity index (χ2n) is 7.26. The summed E-state index contributed by atoms with van der Waals surface area (Å²) >= 11 is 0. The van der Waals surface area contributed by atoms with Crippen molar-refractivity contribution in [1.82, 2.24) is 10.2 Å². The molecule has 0 saturated carbocycles. The first-order chi connectivity index (χ1) is 15.0. The SMILES string of the molecule is CN(CC(=O)O)C(=O)CCOCCNC(=O)OCC1c2ccccc2-c2ccccc21. The van der Waals surface area contributed by atoms with E-state index in [2.05, 4.69) is 29.6 Å². The molecule has 0 heterocycles. The number of likely N-dealkylation sites (N-methyl/N-ethyl adjacent to an activating group) is 1. The van der Waals surface area contributed by atoms with E-state index in [0.717, 1.165) is 16.0 Å². The average Bonchev–Trinajstić information content (AvgIpc) is 3.08. The fourth-order valence-electron chi connectivity index (χ4n) is 3.62. The largest absolute Gasteiger partial charge is 0.480 e. The summed E-state index contributed by atoms with van der Waals surface area (Å²) in [7, 11) is 1.43. The third kappa shape index (κ3) is 5.82. The van der Waals surface area contributed by atoms with Crippen LogP contribution in [0.25, 0.3) is 11.1 Å². The summed E-state index contributed by atoms with van der Waals surface area (Å²) in [5.74, 6) is -1.38. The number of carbonyl (C=O) groups excluding carboxylic acids is 2. The van der Waals surface area contributed by atoms with Crippen molar-refractivity contribution in [3.8, 4) is 11.1 Å². The first-order valence-electron chi connectivity index (χ1n) is 10.1. The molecule has 2 N–H and O–H groups in total.